The highest BCUT2D eigenvalue weighted by Gasteiger charge is 2.10. The molecule has 0 amide bonds. The highest BCUT2D eigenvalue weighted by atomic mass is 16.3. The number of aromatic nitrogens is 3. The van der Waals surface area contributed by atoms with Crippen molar-refractivity contribution in [2.45, 2.75) is 19.5 Å². The monoisotopic (exact) mass is 246 g/mol. The average molecular weight is 246 g/mol. The molecule has 5 nitrogen and oxygen atoms in total. The lowest BCUT2D eigenvalue weighted by Crippen LogP contribution is -2.28. The van der Waals surface area contributed by atoms with E-state index in [-0.39, 0.29) is 12.6 Å². The van der Waals surface area contributed by atoms with E-state index in [0.717, 1.165) is 16.8 Å². The first kappa shape index (κ1) is 12.7. The van der Waals surface area contributed by atoms with Crippen molar-refractivity contribution < 1.29 is 5.11 Å². The van der Waals surface area contributed by atoms with Gasteiger partial charge in [0.15, 0.2) is 0 Å². The van der Waals surface area contributed by atoms with Crippen LogP contribution in [0.2, 0.25) is 0 Å². The molecule has 0 aliphatic heterocycles. The van der Waals surface area contributed by atoms with Gasteiger partial charge in [-0.3, -0.25) is 9.67 Å². The van der Waals surface area contributed by atoms with Crippen LogP contribution in [-0.2, 0) is 13.6 Å². The molecule has 0 bridgehead atoms. The molecule has 0 aliphatic carbocycles. The van der Waals surface area contributed by atoms with Crippen molar-refractivity contribution >= 4 is 0 Å². The lowest BCUT2D eigenvalue weighted by Gasteiger charge is -2.10. The summed E-state index contributed by atoms with van der Waals surface area (Å²) in [6, 6.07) is 3.97. The fourth-order valence-electron chi connectivity index (χ4n) is 1.77. The second-order valence-corrected chi connectivity index (χ2v) is 4.38. The number of pyridine rings is 1. The minimum absolute atomic E-state index is 0.0792. The van der Waals surface area contributed by atoms with Gasteiger partial charge in [0, 0.05) is 49.4 Å². The van der Waals surface area contributed by atoms with Crippen LogP contribution in [0.1, 0.15) is 12.5 Å². The summed E-state index contributed by atoms with van der Waals surface area (Å²) in [5.74, 6) is 0. The molecular formula is C13H18N4O. The summed E-state index contributed by atoms with van der Waals surface area (Å²) in [5, 5.41) is 16.7. The Balaban J connectivity index is 2.21. The highest BCUT2D eigenvalue weighted by molar-refractivity contribution is 5.61. The van der Waals surface area contributed by atoms with Crippen LogP contribution in [0.5, 0.6) is 0 Å². The maximum Gasteiger partial charge on any atom is 0.0969 e. The topological polar surface area (TPSA) is 63.0 Å². The van der Waals surface area contributed by atoms with E-state index in [1.165, 1.54) is 0 Å². The van der Waals surface area contributed by atoms with E-state index in [1.807, 2.05) is 32.3 Å². The van der Waals surface area contributed by atoms with Gasteiger partial charge in [0.2, 0.25) is 0 Å². The summed E-state index contributed by atoms with van der Waals surface area (Å²) in [7, 11) is 1.91. The standard InChI is InChI=1S/C13H18N4O/c1-10(9-18)15-7-12-8-17(2)16-13(12)11-3-5-14-6-4-11/h3-6,8,10,15,18H,7,9H2,1-2H3. The minimum Gasteiger partial charge on any atom is -0.395 e. The minimum atomic E-state index is 0.0792. The van der Waals surface area contributed by atoms with E-state index in [4.69, 9.17) is 5.11 Å². The Morgan fingerprint density at radius 1 is 1.39 bits per heavy atom. The molecule has 1 atom stereocenters. The Morgan fingerprint density at radius 2 is 2.11 bits per heavy atom. The van der Waals surface area contributed by atoms with Gasteiger partial charge in [0.05, 0.1) is 12.3 Å². The first-order valence-corrected chi connectivity index (χ1v) is 5.98. The molecule has 0 fully saturated rings. The number of hydrogen-bond acceptors (Lipinski definition) is 4. The molecule has 2 aromatic heterocycles. The van der Waals surface area contributed by atoms with Gasteiger partial charge < -0.3 is 10.4 Å². The summed E-state index contributed by atoms with van der Waals surface area (Å²) in [5.41, 5.74) is 3.13. The number of aliphatic hydroxyl groups excluding tert-OH is 1. The normalized spacial score (nSPS) is 12.6. The maximum atomic E-state index is 9.01. The SMILES string of the molecule is CC(CO)NCc1cn(C)nc1-c1ccncc1. The van der Waals surface area contributed by atoms with Crippen molar-refractivity contribution in [2.75, 3.05) is 6.61 Å². The molecular weight excluding hydrogens is 228 g/mol. The van der Waals surface area contributed by atoms with E-state index in [0.29, 0.717) is 6.54 Å². The van der Waals surface area contributed by atoms with Gasteiger partial charge in [-0.25, -0.2) is 0 Å². The summed E-state index contributed by atoms with van der Waals surface area (Å²) in [6.45, 7) is 2.76. The van der Waals surface area contributed by atoms with Gasteiger partial charge in [0.1, 0.15) is 0 Å². The molecule has 96 valence electrons. The third kappa shape index (κ3) is 2.94. The Labute approximate surface area is 106 Å². The van der Waals surface area contributed by atoms with Crippen molar-refractivity contribution in [3.8, 4) is 11.3 Å². The highest BCUT2D eigenvalue weighted by Crippen LogP contribution is 2.20. The Hall–Kier alpha value is -1.72. The lowest BCUT2D eigenvalue weighted by molar-refractivity contribution is 0.251. The van der Waals surface area contributed by atoms with Crippen LogP contribution in [0.4, 0.5) is 0 Å². The van der Waals surface area contributed by atoms with Crippen molar-refractivity contribution in [3.05, 3.63) is 36.3 Å². The average Bonchev–Trinajstić information content (AvgIpc) is 2.78. The molecule has 2 aromatic rings. The largest absolute Gasteiger partial charge is 0.395 e. The van der Waals surface area contributed by atoms with Gasteiger partial charge >= 0.3 is 0 Å². The van der Waals surface area contributed by atoms with Gasteiger partial charge in [-0.1, -0.05) is 0 Å². The summed E-state index contributed by atoms with van der Waals surface area (Å²) in [6.07, 6.45) is 5.52. The number of rotatable bonds is 5. The second kappa shape index (κ2) is 5.75. The summed E-state index contributed by atoms with van der Waals surface area (Å²) >= 11 is 0. The van der Waals surface area contributed by atoms with Gasteiger partial charge in [-0.15, -0.1) is 0 Å². The van der Waals surface area contributed by atoms with E-state index in [9.17, 15) is 0 Å². The number of nitrogens with one attached hydrogen (secondary N) is 1. The van der Waals surface area contributed by atoms with Crippen LogP contribution in [0.15, 0.2) is 30.7 Å². The van der Waals surface area contributed by atoms with E-state index in [2.05, 4.69) is 15.4 Å². The molecule has 5 heteroatoms. The van der Waals surface area contributed by atoms with E-state index >= 15 is 0 Å². The smallest absolute Gasteiger partial charge is 0.0969 e. The zero-order chi connectivity index (χ0) is 13.0. The van der Waals surface area contributed by atoms with Gasteiger partial charge in [-0.2, -0.15) is 5.10 Å². The third-order valence-corrected chi connectivity index (χ3v) is 2.77. The molecule has 0 saturated carbocycles. The quantitative estimate of drug-likeness (QED) is 0.824. The zero-order valence-corrected chi connectivity index (χ0v) is 10.7. The lowest BCUT2D eigenvalue weighted by atomic mass is 10.1. The molecule has 0 spiro atoms. The molecule has 1 unspecified atom stereocenters. The Morgan fingerprint density at radius 3 is 2.78 bits per heavy atom. The molecule has 0 saturated heterocycles. The van der Waals surface area contributed by atoms with Gasteiger partial charge in [0.25, 0.3) is 0 Å². The second-order valence-electron chi connectivity index (χ2n) is 4.38. The first-order valence-electron chi connectivity index (χ1n) is 5.98. The van der Waals surface area contributed by atoms with Crippen molar-refractivity contribution in [1.29, 1.82) is 0 Å². The third-order valence-electron chi connectivity index (χ3n) is 2.77. The number of nitrogens with zero attached hydrogens (tertiary/aromatic N) is 3. The fourth-order valence-corrected chi connectivity index (χ4v) is 1.77. The summed E-state index contributed by atoms with van der Waals surface area (Å²) in [4.78, 5) is 4.01. The molecule has 0 aliphatic rings. The molecule has 2 rings (SSSR count). The Kier molecular flexibility index (Phi) is 4.07. The number of aryl methyl sites for hydroxylation is 1. The summed E-state index contributed by atoms with van der Waals surface area (Å²) < 4.78 is 1.80. The zero-order valence-electron chi connectivity index (χ0n) is 10.7. The Bertz CT molecular complexity index is 495. The van der Waals surface area contributed by atoms with Crippen molar-refractivity contribution in [1.82, 2.24) is 20.1 Å². The molecule has 0 radical (unpaired) electrons. The van der Waals surface area contributed by atoms with Crippen LogP contribution in [0.3, 0.4) is 0 Å². The van der Waals surface area contributed by atoms with Crippen LogP contribution in [0, 0.1) is 0 Å². The van der Waals surface area contributed by atoms with Crippen LogP contribution >= 0.6 is 0 Å². The van der Waals surface area contributed by atoms with Crippen molar-refractivity contribution in [2.24, 2.45) is 7.05 Å². The van der Waals surface area contributed by atoms with Gasteiger partial charge in [-0.05, 0) is 19.1 Å². The van der Waals surface area contributed by atoms with Crippen molar-refractivity contribution in [3.63, 3.8) is 0 Å². The van der Waals surface area contributed by atoms with E-state index in [1.54, 1.807) is 17.1 Å². The van der Waals surface area contributed by atoms with Crippen LogP contribution in [0.25, 0.3) is 11.3 Å². The molecule has 2 N–H and O–H groups in total. The molecule has 18 heavy (non-hydrogen) atoms. The number of hydrogen-bond donors (Lipinski definition) is 2. The van der Waals surface area contributed by atoms with Crippen LogP contribution < -0.4 is 5.32 Å². The predicted octanol–water partition coefficient (Wildman–Crippen LogP) is 0.952. The fraction of sp³-hybridized carbons (Fsp3) is 0.385. The molecule has 0 aromatic carbocycles. The predicted molar refractivity (Wildman–Crippen MR) is 69.8 cm³/mol. The number of aliphatic hydroxyl groups is 1. The van der Waals surface area contributed by atoms with Crippen LogP contribution in [-0.4, -0.2) is 32.5 Å². The maximum absolute atomic E-state index is 9.01. The molecule has 2 heterocycles. The van der Waals surface area contributed by atoms with E-state index < -0.39 is 0 Å². The first-order chi connectivity index (χ1) is 8.70.